The van der Waals surface area contributed by atoms with Gasteiger partial charge in [-0.2, -0.15) is 0 Å². The predicted octanol–water partition coefficient (Wildman–Crippen LogP) is 15.9. The van der Waals surface area contributed by atoms with Crippen LogP contribution >= 0.6 is 0 Å². The van der Waals surface area contributed by atoms with Crippen molar-refractivity contribution in [1.29, 1.82) is 0 Å². The van der Waals surface area contributed by atoms with Crippen LogP contribution in [0.3, 0.4) is 0 Å². The summed E-state index contributed by atoms with van der Waals surface area (Å²) in [5.74, 6) is 0. The molecule has 0 amide bonds. The van der Waals surface area contributed by atoms with Crippen molar-refractivity contribution in [3.05, 3.63) is 166 Å². The molecule has 5 aliphatic rings. The maximum atomic E-state index is 2.92. The molecule has 2 atom stereocenters. The average Bonchev–Trinajstić information content (AvgIpc) is 3.66. The highest BCUT2D eigenvalue weighted by molar-refractivity contribution is 7.00. The van der Waals surface area contributed by atoms with Crippen LogP contribution in [-0.4, -0.2) is 12.3 Å². The predicted molar refractivity (Wildman–Crippen MR) is 298 cm³/mol. The van der Waals surface area contributed by atoms with Gasteiger partial charge in [-0.05, 0) is 151 Å². The van der Waals surface area contributed by atoms with Gasteiger partial charge < -0.3 is 9.80 Å². The Labute approximate surface area is 414 Å². The molecule has 0 aromatic heterocycles. The maximum absolute atomic E-state index is 2.92. The van der Waals surface area contributed by atoms with Gasteiger partial charge in [0.05, 0.1) is 11.2 Å². The second kappa shape index (κ2) is 14.4. The zero-order valence-corrected chi connectivity index (χ0v) is 43.9. The van der Waals surface area contributed by atoms with Gasteiger partial charge in [0.25, 0.3) is 6.71 Å². The number of anilines is 5. The summed E-state index contributed by atoms with van der Waals surface area (Å²) in [7, 11) is 0. The van der Waals surface area contributed by atoms with Crippen LogP contribution in [-0.2, 0) is 27.1 Å². The molecule has 12 rings (SSSR count). The van der Waals surface area contributed by atoms with Crippen LogP contribution in [0.1, 0.15) is 155 Å². The minimum atomic E-state index is -0.264. The van der Waals surface area contributed by atoms with E-state index >= 15 is 0 Å². The third kappa shape index (κ3) is 6.10. The topological polar surface area (TPSA) is 6.48 Å². The van der Waals surface area contributed by atoms with Crippen molar-refractivity contribution >= 4 is 51.5 Å². The number of rotatable bonds is 3. The fourth-order valence-electron chi connectivity index (χ4n) is 14.0. The zero-order valence-electron chi connectivity index (χ0n) is 43.9. The van der Waals surface area contributed by atoms with Crippen LogP contribution < -0.4 is 26.2 Å². The van der Waals surface area contributed by atoms with Crippen LogP contribution in [0.5, 0.6) is 0 Å². The molecular weight excluding hydrogens is 832 g/mol. The molecule has 1 saturated carbocycles. The molecule has 0 radical (unpaired) electrons. The Morgan fingerprint density at radius 2 is 1.03 bits per heavy atom. The van der Waals surface area contributed by atoms with Gasteiger partial charge >= 0.3 is 0 Å². The molecule has 3 heteroatoms. The molecule has 0 bridgehead atoms. The lowest BCUT2D eigenvalue weighted by molar-refractivity contribution is 0.195. The van der Waals surface area contributed by atoms with Crippen molar-refractivity contribution in [3.8, 4) is 33.4 Å². The molecule has 69 heavy (non-hydrogen) atoms. The van der Waals surface area contributed by atoms with Gasteiger partial charge in [-0.1, -0.05) is 193 Å². The second-order valence-electron chi connectivity index (χ2n) is 25.8. The summed E-state index contributed by atoms with van der Waals surface area (Å²) < 4.78 is 0. The number of benzene rings is 7. The van der Waals surface area contributed by atoms with Crippen LogP contribution in [0, 0.1) is 6.92 Å². The lowest BCUT2D eigenvalue weighted by Crippen LogP contribution is -2.65. The van der Waals surface area contributed by atoms with Gasteiger partial charge in [0, 0.05) is 44.7 Å². The van der Waals surface area contributed by atoms with E-state index in [0.717, 1.165) is 0 Å². The molecule has 0 N–H and O–H groups in total. The first-order valence-corrected chi connectivity index (χ1v) is 26.1. The molecule has 7 aromatic rings. The maximum Gasteiger partial charge on any atom is 0.252 e. The van der Waals surface area contributed by atoms with Gasteiger partial charge in [0.15, 0.2) is 0 Å². The van der Waals surface area contributed by atoms with Crippen LogP contribution in [0.25, 0.3) is 33.4 Å². The van der Waals surface area contributed by atoms with Crippen molar-refractivity contribution in [3.63, 3.8) is 0 Å². The summed E-state index contributed by atoms with van der Waals surface area (Å²) in [6, 6.07) is 50.5. The van der Waals surface area contributed by atoms with E-state index in [9.17, 15) is 0 Å². The Balaban J connectivity index is 1.28. The Bertz CT molecular complexity index is 3240. The normalized spacial score (nSPS) is 20.5. The molecule has 2 nitrogen and oxygen atoms in total. The van der Waals surface area contributed by atoms with Gasteiger partial charge in [0.1, 0.15) is 0 Å². The summed E-state index contributed by atoms with van der Waals surface area (Å²) in [5.41, 5.74) is 28.6. The molecule has 1 fully saturated rings. The van der Waals surface area contributed by atoms with Crippen molar-refractivity contribution in [1.82, 2.24) is 0 Å². The van der Waals surface area contributed by atoms with Crippen LogP contribution in [0.4, 0.5) is 28.4 Å². The minimum absolute atomic E-state index is 0.00444. The number of hydrogen-bond acceptors (Lipinski definition) is 2. The quantitative estimate of drug-likeness (QED) is 0.163. The van der Waals surface area contributed by atoms with Crippen molar-refractivity contribution in [2.75, 3.05) is 9.80 Å². The summed E-state index contributed by atoms with van der Waals surface area (Å²) in [6.07, 6.45) is 4.90. The van der Waals surface area contributed by atoms with Crippen LogP contribution in [0.2, 0.25) is 0 Å². The Morgan fingerprint density at radius 1 is 0.478 bits per heavy atom. The standard InChI is InChI=1S/C66H71BN2/c1-40-33-54-57-55(34-40)69-60-51(65(13)31-21-22-32-66(65,69)14)38-45(63(8,9)10)39-52(60)67(57)58-53(30-29-47-46-28-27-43(61(2,3)4)37-50(46)64(11,12)56(47)58)68(54)59-48(41-23-17-15-18-24-41)35-44(62(5,6)7)36-49(59)42-25-19-16-20-26-42/h15-20,23-30,33-39H,21-22,31-32H2,1-14H3. The molecular formula is C66H71BN2. The van der Waals surface area contributed by atoms with E-state index in [0.29, 0.717) is 0 Å². The first-order chi connectivity index (χ1) is 32.5. The fourth-order valence-corrected chi connectivity index (χ4v) is 14.0. The summed E-state index contributed by atoms with van der Waals surface area (Å²) in [5, 5.41) is 0. The first kappa shape index (κ1) is 44.4. The third-order valence-electron chi connectivity index (χ3n) is 18.1. The monoisotopic (exact) mass is 903 g/mol. The molecule has 0 spiro atoms. The fraction of sp³-hybridized carbons (Fsp3) is 0.364. The summed E-state index contributed by atoms with van der Waals surface area (Å²) in [4.78, 5) is 5.69. The smallest absolute Gasteiger partial charge is 0.252 e. The zero-order chi connectivity index (χ0) is 48.5. The van der Waals surface area contributed by atoms with Crippen molar-refractivity contribution < 1.29 is 0 Å². The largest absolute Gasteiger partial charge is 0.335 e. The van der Waals surface area contributed by atoms with Crippen molar-refractivity contribution in [2.24, 2.45) is 0 Å². The average molecular weight is 903 g/mol. The SMILES string of the molecule is Cc1cc2c3c(c1)N1c4c(cc(C(C)(C)C)cc4C4(C)CCCCC14C)B3c1c(ccc3c1C(C)(C)c1cc(C(C)(C)C)ccc1-3)N2c1c(-c2ccccc2)cc(C(C)(C)C)cc1-c1ccccc1. The van der Waals surface area contributed by atoms with Crippen molar-refractivity contribution in [2.45, 2.75) is 155 Å². The first-order valence-electron chi connectivity index (χ1n) is 26.1. The second-order valence-corrected chi connectivity index (χ2v) is 25.8. The number of aryl methyl sites for hydroxylation is 1. The number of hydrogen-bond donors (Lipinski definition) is 0. The lowest BCUT2D eigenvalue weighted by Gasteiger charge is -2.53. The number of fused-ring (bicyclic) bond motifs is 11. The van der Waals surface area contributed by atoms with E-state index < -0.39 is 0 Å². The third-order valence-corrected chi connectivity index (χ3v) is 18.1. The van der Waals surface area contributed by atoms with E-state index in [1.807, 2.05) is 0 Å². The van der Waals surface area contributed by atoms with Gasteiger partial charge in [-0.15, -0.1) is 0 Å². The molecule has 3 heterocycles. The van der Waals surface area contributed by atoms with Gasteiger partial charge in [0.2, 0.25) is 0 Å². The molecule has 7 aromatic carbocycles. The number of nitrogens with zero attached hydrogens (tertiary/aromatic N) is 2. The Morgan fingerprint density at radius 3 is 1.64 bits per heavy atom. The van der Waals surface area contributed by atoms with E-state index in [4.69, 9.17) is 0 Å². The summed E-state index contributed by atoms with van der Waals surface area (Å²) >= 11 is 0. The van der Waals surface area contributed by atoms with Gasteiger partial charge in [-0.3, -0.25) is 0 Å². The highest BCUT2D eigenvalue weighted by Crippen LogP contribution is 2.63. The highest BCUT2D eigenvalue weighted by atomic mass is 15.3. The summed E-state index contributed by atoms with van der Waals surface area (Å²) in [6.45, 7) is 34.2. The van der Waals surface area contributed by atoms with E-state index in [1.54, 1.807) is 5.56 Å². The lowest BCUT2D eigenvalue weighted by atomic mass is 9.32. The highest BCUT2D eigenvalue weighted by Gasteiger charge is 2.62. The minimum Gasteiger partial charge on any atom is -0.335 e. The molecule has 348 valence electrons. The molecule has 3 aliphatic heterocycles. The Kier molecular flexibility index (Phi) is 9.27. The molecule has 2 aliphatic carbocycles. The Hall–Kier alpha value is -5.80. The molecule has 0 saturated heterocycles. The van der Waals surface area contributed by atoms with E-state index in [-0.39, 0.29) is 39.3 Å². The molecule has 2 unspecified atom stereocenters. The van der Waals surface area contributed by atoms with Gasteiger partial charge in [-0.25, -0.2) is 0 Å². The van der Waals surface area contributed by atoms with E-state index in [2.05, 4.69) is 234 Å². The van der Waals surface area contributed by atoms with E-state index in [1.165, 1.54) is 137 Å². The van der Waals surface area contributed by atoms with Crippen LogP contribution in [0.15, 0.2) is 127 Å².